The summed E-state index contributed by atoms with van der Waals surface area (Å²) in [5, 5.41) is 2.62. The topological polar surface area (TPSA) is 82.2 Å². The van der Waals surface area contributed by atoms with E-state index in [1.54, 1.807) is 12.1 Å². The van der Waals surface area contributed by atoms with Gasteiger partial charge in [-0.2, -0.15) is 0 Å². The molecule has 4 rings (SSSR count). The Bertz CT molecular complexity index is 835. The van der Waals surface area contributed by atoms with E-state index >= 15 is 0 Å². The summed E-state index contributed by atoms with van der Waals surface area (Å²) in [5.41, 5.74) is 0.708. The van der Waals surface area contributed by atoms with E-state index in [1.165, 1.54) is 17.9 Å². The molecule has 2 unspecified atom stereocenters. The van der Waals surface area contributed by atoms with E-state index in [2.05, 4.69) is 5.32 Å². The molecule has 0 aliphatic carbocycles. The fourth-order valence-electron chi connectivity index (χ4n) is 4.64. The van der Waals surface area contributed by atoms with Gasteiger partial charge in [0.15, 0.2) is 0 Å². The van der Waals surface area contributed by atoms with Crippen LogP contribution in [-0.2, 0) is 14.3 Å². The van der Waals surface area contributed by atoms with Gasteiger partial charge in [-0.25, -0.2) is 9.18 Å². The van der Waals surface area contributed by atoms with Crippen LogP contribution in [0, 0.1) is 5.82 Å². The van der Waals surface area contributed by atoms with Gasteiger partial charge in [-0.05, 0) is 37.5 Å². The first-order valence-electron chi connectivity index (χ1n) is 9.91. The summed E-state index contributed by atoms with van der Waals surface area (Å²) in [4.78, 5) is 39.7. The van der Waals surface area contributed by atoms with Crippen molar-refractivity contribution in [3.05, 3.63) is 24.0 Å². The molecular formula is C20H25FN4O4. The van der Waals surface area contributed by atoms with Crippen molar-refractivity contribution in [2.75, 3.05) is 42.5 Å². The molecule has 0 saturated carbocycles. The summed E-state index contributed by atoms with van der Waals surface area (Å²) in [7, 11) is 0. The third-order valence-corrected chi connectivity index (χ3v) is 6.15. The summed E-state index contributed by atoms with van der Waals surface area (Å²) < 4.78 is 20.2. The number of likely N-dealkylation sites (tertiary alicyclic amines) is 1. The van der Waals surface area contributed by atoms with Gasteiger partial charge in [0.25, 0.3) is 0 Å². The summed E-state index contributed by atoms with van der Waals surface area (Å²) >= 11 is 0. The van der Waals surface area contributed by atoms with Crippen LogP contribution in [0.15, 0.2) is 18.2 Å². The molecule has 3 heterocycles. The highest BCUT2D eigenvalue weighted by Crippen LogP contribution is 2.39. The van der Waals surface area contributed by atoms with Crippen LogP contribution in [0.25, 0.3) is 0 Å². The maximum atomic E-state index is 14.9. The Morgan fingerprint density at radius 3 is 2.93 bits per heavy atom. The number of cyclic esters (lactones) is 1. The molecular weight excluding hydrogens is 379 g/mol. The van der Waals surface area contributed by atoms with E-state index in [1.807, 2.05) is 9.80 Å². The standard InChI is InChI=1S/C20H25FN4O4/c1-14(27)22-10-16-11-25(19(28)29-16)15-3-4-18(17(21)9-15)23-8-6-20(12-23)5-2-7-24(20)13-26/h3-4,9,13,16H,2,5-8,10-12H2,1H3,(H,22,27). The predicted molar refractivity (Wildman–Crippen MR) is 104 cm³/mol. The molecule has 3 aliphatic heterocycles. The van der Waals surface area contributed by atoms with Crippen LogP contribution in [0.5, 0.6) is 0 Å². The average Bonchev–Trinajstić information content (AvgIpc) is 3.39. The molecule has 2 atom stereocenters. The molecule has 0 aromatic heterocycles. The minimum atomic E-state index is -0.555. The monoisotopic (exact) mass is 404 g/mol. The molecule has 29 heavy (non-hydrogen) atoms. The second-order valence-corrected chi connectivity index (χ2v) is 7.99. The second kappa shape index (κ2) is 7.53. The summed E-state index contributed by atoms with van der Waals surface area (Å²) in [6.45, 7) is 3.93. The van der Waals surface area contributed by atoms with Gasteiger partial charge in [0.1, 0.15) is 11.9 Å². The number of hydrogen-bond acceptors (Lipinski definition) is 5. The highest BCUT2D eigenvalue weighted by Gasteiger charge is 2.46. The van der Waals surface area contributed by atoms with Crippen molar-refractivity contribution in [3.8, 4) is 0 Å². The van der Waals surface area contributed by atoms with Gasteiger partial charge in [0, 0.05) is 26.6 Å². The number of carbonyl (C=O) groups excluding carboxylic acids is 3. The van der Waals surface area contributed by atoms with Crippen molar-refractivity contribution in [3.63, 3.8) is 0 Å². The van der Waals surface area contributed by atoms with Crippen LogP contribution >= 0.6 is 0 Å². The molecule has 9 heteroatoms. The summed E-state index contributed by atoms with van der Waals surface area (Å²) in [6.07, 6.45) is 2.63. The van der Waals surface area contributed by atoms with Crippen LogP contribution in [-0.4, -0.2) is 67.7 Å². The van der Waals surface area contributed by atoms with E-state index in [0.29, 0.717) is 24.5 Å². The molecule has 1 spiro atoms. The van der Waals surface area contributed by atoms with Gasteiger partial charge in [-0.1, -0.05) is 0 Å². The van der Waals surface area contributed by atoms with E-state index in [-0.39, 0.29) is 24.5 Å². The van der Waals surface area contributed by atoms with Gasteiger partial charge in [0.2, 0.25) is 12.3 Å². The Labute approximate surface area is 168 Å². The van der Waals surface area contributed by atoms with Gasteiger partial charge < -0.3 is 19.9 Å². The Balaban J connectivity index is 1.46. The molecule has 1 N–H and O–H groups in total. The summed E-state index contributed by atoms with van der Waals surface area (Å²) in [6, 6.07) is 4.73. The number of nitrogens with one attached hydrogen (secondary N) is 1. The predicted octanol–water partition coefficient (Wildman–Crippen LogP) is 1.49. The molecule has 1 aromatic carbocycles. The number of benzene rings is 1. The van der Waals surface area contributed by atoms with Gasteiger partial charge >= 0.3 is 6.09 Å². The Hall–Kier alpha value is -2.84. The van der Waals surface area contributed by atoms with E-state index < -0.39 is 18.0 Å². The SMILES string of the molecule is CC(=O)NCC1CN(c2ccc(N3CCC4(CCCN4C=O)C3)c(F)c2)C(=O)O1. The van der Waals surface area contributed by atoms with Crippen molar-refractivity contribution < 1.29 is 23.5 Å². The van der Waals surface area contributed by atoms with Crippen LogP contribution in [0.3, 0.4) is 0 Å². The lowest BCUT2D eigenvalue weighted by atomic mass is 9.96. The molecule has 0 bridgehead atoms. The molecule has 0 radical (unpaired) electrons. The minimum absolute atomic E-state index is 0.192. The molecule has 3 fully saturated rings. The number of rotatable bonds is 5. The number of carbonyl (C=O) groups is 3. The first-order valence-corrected chi connectivity index (χ1v) is 9.91. The molecule has 3 amide bonds. The lowest BCUT2D eigenvalue weighted by Gasteiger charge is -2.32. The Morgan fingerprint density at radius 2 is 2.21 bits per heavy atom. The van der Waals surface area contributed by atoms with Gasteiger partial charge in [-0.3, -0.25) is 14.5 Å². The number of nitrogens with zero attached hydrogens (tertiary/aromatic N) is 3. The van der Waals surface area contributed by atoms with E-state index in [4.69, 9.17) is 4.74 Å². The van der Waals surface area contributed by atoms with Crippen LogP contribution in [0.2, 0.25) is 0 Å². The van der Waals surface area contributed by atoms with Crippen molar-refractivity contribution >= 4 is 29.8 Å². The minimum Gasteiger partial charge on any atom is -0.442 e. The average molecular weight is 404 g/mol. The number of ether oxygens (including phenoxy) is 1. The largest absolute Gasteiger partial charge is 0.442 e. The van der Waals surface area contributed by atoms with Crippen molar-refractivity contribution in [2.45, 2.75) is 37.8 Å². The number of anilines is 2. The van der Waals surface area contributed by atoms with Crippen molar-refractivity contribution in [1.29, 1.82) is 0 Å². The Morgan fingerprint density at radius 1 is 1.38 bits per heavy atom. The quantitative estimate of drug-likeness (QED) is 0.752. The second-order valence-electron chi connectivity index (χ2n) is 7.99. The normalized spacial score (nSPS) is 26.3. The fourth-order valence-corrected chi connectivity index (χ4v) is 4.64. The zero-order chi connectivity index (χ0) is 20.6. The lowest BCUT2D eigenvalue weighted by Crippen LogP contribution is -2.45. The van der Waals surface area contributed by atoms with Crippen LogP contribution < -0.4 is 15.1 Å². The smallest absolute Gasteiger partial charge is 0.414 e. The third-order valence-electron chi connectivity index (χ3n) is 6.15. The van der Waals surface area contributed by atoms with Crippen LogP contribution in [0.1, 0.15) is 26.2 Å². The molecule has 156 valence electrons. The lowest BCUT2D eigenvalue weighted by molar-refractivity contribution is -0.121. The van der Waals surface area contributed by atoms with Crippen LogP contribution in [0.4, 0.5) is 20.6 Å². The maximum absolute atomic E-state index is 14.9. The zero-order valence-electron chi connectivity index (χ0n) is 16.4. The van der Waals surface area contributed by atoms with Crippen molar-refractivity contribution in [1.82, 2.24) is 10.2 Å². The highest BCUT2D eigenvalue weighted by molar-refractivity contribution is 5.90. The first kappa shape index (κ1) is 19.5. The van der Waals surface area contributed by atoms with Gasteiger partial charge in [-0.15, -0.1) is 0 Å². The zero-order valence-corrected chi connectivity index (χ0v) is 16.4. The molecule has 3 saturated heterocycles. The fraction of sp³-hybridized carbons (Fsp3) is 0.550. The Kier molecular flexibility index (Phi) is 5.06. The maximum Gasteiger partial charge on any atom is 0.414 e. The van der Waals surface area contributed by atoms with Crippen molar-refractivity contribution in [2.24, 2.45) is 0 Å². The van der Waals surface area contributed by atoms with Gasteiger partial charge in [0.05, 0.1) is 30.0 Å². The molecule has 8 nitrogen and oxygen atoms in total. The summed E-state index contributed by atoms with van der Waals surface area (Å²) in [5.74, 6) is -0.609. The highest BCUT2D eigenvalue weighted by atomic mass is 19.1. The van der Waals surface area contributed by atoms with E-state index in [0.717, 1.165) is 32.2 Å². The number of amides is 3. The molecule has 3 aliphatic rings. The molecule has 1 aromatic rings. The number of halogens is 1. The number of hydrogen-bond donors (Lipinski definition) is 1. The van der Waals surface area contributed by atoms with E-state index in [9.17, 15) is 18.8 Å². The third kappa shape index (κ3) is 3.61. The first-order chi connectivity index (χ1) is 13.9.